The van der Waals surface area contributed by atoms with Gasteiger partial charge in [-0.25, -0.2) is 0 Å². The van der Waals surface area contributed by atoms with Gasteiger partial charge in [0.15, 0.2) is 6.29 Å². The van der Waals surface area contributed by atoms with Crippen molar-refractivity contribution in [1.29, 1.82) is 0 Å². The lowest BCUT2D eigenvalue weighted by molar-refractivity contribution is 0.112. The molecule has 0 aliphatic heterocycles. The number of carbonyl (C=O) groups excluding carboxylic acids is 1. The van der Waals surface area contributed by atoms with Gasteiger partial charge in [0.1, 0.15) is 5.75 Å². The van der Waals surface area contributed by atoms with Crippen LogP contribution >= 0.6 is 0 Å². The molecular formula is C17H22N2O2. The van der Waals surface area contributed by atoms with E-state index in [1.807, 2.05) is 23.7 Å². The molecule has 0 aliphatic rings. The molecule has 0 fully saturated rings. The number of methoxy groups -OCH3 is 1. The van der Waals surface area contributed by atoms with Crippen LogP contribution in [0.1, 0.15) is 41.2 Å². The maximum absolute atomic E-state index is 11.3. The van der Waals surface area contributed by atoms with Gasteiger partial charge < -0.3 is 4.74 Å². The lowest BCUT2D eigenvalue weighted by Gasteiger charge is -2.07. The highest BCUT2D eigenvalue weighted by Crippen LogP contribution is 2.16. The van der Waals surface area contributed by atoms with E-state index in [0.717, 1.165) is 54.8 Å². The zero-order valence-corrected chi connectivity index (χ0v) is 12.9. The van der Waals surface area contributed by atoms with Crippen molar-refractivity contribution in [2.75, 3.05) is 7.11 Å². The standard InChI is InChI=1S/C17H22N2O2/c1-4-16-15(12-20)17(5-2)19(18-16)11-10-13-6-8-14(21-3)9-7-13/h6-9,12H,4-5,10-11H2,1-3H3. The first-order valence-corrected chi connectivity index (χ1v) is 7.40. The Labute approximate surface area is 125 Å². The van der Waals surface area contributed by atoms with Gasteiger partial charge in [0.05, 0.1) is 18.4 Å². The molecule has 0 spiro atoms. The molecule has 112 valence electrons. The average Bonchev–Trinajstić information content (AvgIpc) is 2.90. The molecule has 0 atom stereocenters. The molecule has 2 aromatic rings. The van der Waals surface area contributed by atoms with Crippen LogP contribution in [0.15, 0.2) is 24.3 Å². The second-order valence-electron chi connectivity index (χ2n) is 4.95. The van der Waals surface area contributed by atoms with Gasteiger partial charge in [0.2, 0.25) is 0 Å². The maximum Gasteiger partial charge on any atom is 0.153 e. The van der Waals surface area contributed by atoms with Gasteiger partial charge in [-0.1, -0.05) is 26.0 Å². The fraction of sp³-hybridized carbons (Fsp3) is 0.412. The van der Waals surface area contributed by atoms with Gasteiger partial charge in [-0.15, -0.1) is 0 Å². The number of aldehydes is 1. The lowest BCUT2D eigenvalue weighted by Crippen LogP contribution is -2.07. The molecule has 0 radical (unpaired) electrons. The third-order valence-electron chi connectivity index (χ3n) is 3.73. The Bertz CT molecular complexity index is 600. The van der Waals surface area contributed by atoms with Gasteiger partial charge in [0.25, 0.3) is 0 Å². The Morgan fingerprint density at radius 2 is 1.90 bits per heavy atom. The van der Waals surface area contributed by atoms with Crippen molar-refractivity contribution in [1.82, 2.24) is 9.78 Å². The van der Waals surface area contributed by atoms with Crippen LogP contribution in [0.5, 0.6) is 5.75 Å². The summed E-state index contributed by atoms with van der Waals surface area (Å²) >= 11 is 0. The normalized spacial score (nSPS) is 10.6. The van der Waals surface area contributed by atoms with Crippen molar-refractivity contribution in [3.8, 4) is 5.75 Å². The van der Waals surface area contributed by atoms with Gasteiger partial charge in [-0.2, -0.15) is 5.10 Å². The van der Waals surface area contributed by atoms with Gasteiger partial charge in [-0.3, -0.25) is 9.48 Å². The smallest absolute Gasteiger partial charge is 0.153 e. The molecule has 0 saturated carbocycles. The van der Waals surface area contributed by atoms with E-state index in [1.165, 1.54) is 5.56 Å². The van der Waals surface area contributed by atoms with Crippen LogP contribution in [-0.2, 0) is 25.8 Å². The number of aryl methyl sites for hydroxylation is 3. The maximum atomic E-state index is 11.3. The van der Waals surface area contributed by atoms with Crippen molar-refractivity contribution < 1.29 is 9.53 Å². The number of hydrogen-bond acceptors (Lipinski definition) is 3. The first-order valence-electron chi connectivity index (χ1n) is 7.40. The first kappa shape index (κ1) is 15.3. The fourth-order valence-electron chi connectivity index (χ4n) is 2.55. The summed E-state index contributed by atoms with van der Waals surface area (Å²) in [4.78, 5) is 11.3. The van der Waals surface area contributed by atoms with Gasteiger partial charge in [-0.05, 0) is 37.0 Å². The largest absolute Gasteiger partial charge is 0.497 e. The topological polar surface area (TPSA) is 44.1 Å². The highest BCUT2D eigenvalue weighted by molar-refractivity contribution is 5.78. The SMILES string of the molecule is CCc1nn(CCc2ccc(OC)cc2)c(CC)c1C=O. The summed E-state index contributed by atoms with van der Waals surface area (Å²) in [7, 11) is 1.67. The minimum absolute atomic E-state index is 0.773. The van der Waals surface area contributed by atoms with Crippen molar-refractivity contribution in [2.45, 2.75) is 39.7 Å². The Balaban J connectivity index is 2.15. The zero-order chi connectivity index (χ0) is 15.2. The molecule has 0 bridgehead atoms. The van der Waals surface area contributed by atoms with Crippen molar-refractivity contribution in [3.05, 3.63) is 46.8 Å². The Kier molecular flexibility index (Phi) is 5.14. The van der Waals surface area contributed by atoms with Crippen LogP contribution in [0.2, 0.25) is 0 Å². The van der Waals surface area contributed by atoms with Crippen LogP contribution in [0.25, 0.3) is 0 Å². The third kappa shape index (κ3) is 3.32. The highest BCUT2D eigenvalue weighted by Gasteiger charge is 2.14. The predicted molar refractivity (Wildman–Crippen MR) is 83.1 cm³/mol. The lowest BCUT2D eigenvalue weighted by atomic mass is 10.1. The Morgan fingerprint density at radius 1 is 1.19 bits per heavy atom. The molecule has 4 nitrogen and oxygen atoms in total. The second kappa shape index (κ2) is 7.07. The van der Waals surface area contributed by atoms with E-state index in [9.17, 15) is 4.79 Å². The van der Waals surface area contributed by atoms with E-state index in [1.54, 1.807) is 7.11 Å². The number of aromatic nitrogens is 2. The average molecular weight is 286 g/mol. The summed E-state index contributed by atoms with van der Waals surface area (Å²) < 4.78 is 7.14. The summed E-state index contributed by atoms with van der Waals surface area (Å²) in [5, 5.41) is 4.58. The number of nitrogens with zero attached hydrogens (tertiary/aromatic N) is 2. The summed E-state index contributed by atoms with van der Waals surface area (Å²) in [6.07, 6.45) is 3.44. The van der Waals surface area contributed by atoms with Crippen LogP contribution in [0, 0.1) is 0 Å². The minimum Gasteiger partial charge on any atom is -0.497 e. The molecule has 0 saturated heterocycles. The van der Waals surface area contributed by atoms with Crippen LogP contribution in [0.4, 0.5) is 0 Å². The highest BCUT2D eigenvalue weighted by atomic mass is 16.5. The van der Waals surface area contributed by atoms with E-state index in [0.29, 0.717) is 0 Å². The molecule has 0 aliphatic carbocycles. The number of hydrogen-bond donors (Lipinski definition) is 0. The van der Waals surface area contributed by atoms with E-state index in [4.69, 9.17) is 4.74 Å². The summed E-state index contributed by atoms with van der Waals surface area (Å²) in [6, 6.07) is 8.06. The van der Waals surface area contributed by atoms with E-state index >= 15 is 0 Å². The van der Waals surface area contributed by atoms with E-state index in [2.05, 4.69) is 24.2 Å². The van der Waals surface area contributed by atoms with Crippen LogP contribution in [-0.4, -0.2) is 23.2 Å². The quantitative estimate of drug-likeness (QED) is 0.735. The van der Waals surface area contributed by atoms with Gasteiger partial charge in [0, 0.05) is 12.2 Å². The Hall–Kier alpha value is -2.10. The van der Waals surface area contributed by atoms with E-state index in [-0.39, 0.29) is 0 Å². The van der Waals surface area contributed by atoms with E-state index < -0.39 is 0 Å². The minimum atomic E-state index is 0.773. The van der Waals surface area contributed by atoms with Crippen molar-refractivity contribution >= 4 is 6.29 Å². The first-order chi connectivity index (χ1) is 10.2. The third-order valence-corrected chi connectivity index (χ3v) is 3.73. The summed E-state index contributed by atoms with van der Waals surface area (Å²) in [5.41, 5.74) is 3.95. The molecule has 1 aromatic heterocycles. The fourth-order valence-corrected chi connectivity index (χ4v) is 2.55. The van der Waals surface area contributed by atoms with Crippen LogP contribution < -0.4 is 4.74 Å². The molecule has 1 heterocycles. The monoisotopic (exact) mass is 286 g/mol. The molecule has 1 aromatic carbocycles. The number of carbonyl (C=O) groups is 1. The molecule has 4 heteroatoms. The second-order valence-corrected chi connectivity index (χ2v) is 4.95. The molecule has 2 rings (SSSR count). The summed E-state index contributed by atoms with van der Waals surface area (Å²) in [5.74, 6) is 0.864. The summed E-state index contributed by atoms with van der Waals surface area (Å²) in [6.45, 7) is 4.88. The predicted octanol–water partition coefficient (Wildman–Crippen LogP) is 3.07. The van der Waals surface area contributed by atoms with Crippen LogP contribution in [0.3, 0.4) is 0 Å². The number of ether oxygens (including phenoxy) is 1. The molecule has 0 unspecified atom stereocenters. The molecule has 0 amide bonds. The Morgan fingerprint density at radius 3 is 2.43 bits per heavy atom. The molecular weight excluding hydrogens is 264 g/mol. The van der Waals surface area contributed by atoms with Crippen molar-refractivity contribution in [3.63, 3.8) is 0 Å². The van der Waals surface area contributed by atoms with Crippen molar-refractivity contribution in [2.24, 2.45) is 0 Å². The number of benzene rings is 1. The molecule has 0 N–H and O–H groups in total. The zero-order valence-electron chi connectivity index (χ0n) is 12.9. The number of rotatable bonds is 7. The molecule has 21 heavy (non-hydrogen) atoms. The van der Waals surface area contributed by atoms with Gasteiger partial charge >= 0.3 is 0 Å².